The third kappa shape index (κ3) is 2.58. The van der Waals surface area contributed by atoms with Crippen molar-refractivity contribution < 1.29 is 9.59 Å². The summed E-state index contributed by atoms with van der Waals surface area (Å²) < 4.78 is -0.912. The van der Waals surface area contributed by atoms with Crippen LogP contribution in [0.4, 0.5) is 4.79 Å². The van der Waals surface area contributed by atoms with Crippen LogP contribution in [0.15, 0.2) is 0 Å². The van der Waals surface area contributed by atoms with Crippen molar-refractivity contribution in [3.63, 3.8) is 0 Å². The van der Waals surface area contributed by atoms with Crippen LogP contribution in [0.5, 0.6) is 0 Å². The molecule has 3 amide bonds. The van der Waals surface area contributed by atoms with Crippen LogP contribution in [-0.4, -0.2) is 25.9 Å². The van der Waals surface area contributed by atoms with Crippen molar-refractivity contribution >= 4 is 58.7 Å². The number of alkyl halides is 3. The Bertz CT molecular complexity index is 213. The van der Waals surface area contributed by atoms with Crippen LogP contribution in [0.3, 0.4) is 0 Å². The monoisotopic (exact) mass is 248 g/mol. The molecule has 0 radical (unpaired) electrons. The Morgan fingerprint density at radius 2 is 2.00 bits per heavy atom. The highest BCUT2D eigenvalue weighted by atomic mass is 35.6. The van der Waals surface area contributed by atoms with E-state index in [9.17, 15) is 9.59 Å². The Balaban J connectivity index is 2.62. The van der Waals surface area contributed by atoms with Crippen molar-refractivity contribution in [2.45, 2.75) is 3.12 Å². The number of nitrogens with zero attached hydrogens (tertiary/aromatic N) is 1. The zero-order valence-electron chi connectivity index (χ0n) is 5.51. The molecule has 0 bridgehead atoms. The lowest BCUT2D eigenvalue weighted by Gasteiger charge is -2.15. The molecule has 0 aliphatic carbocycles. The molecule has 4 nitrogen and oxygen atoms in total. The Kier molecular flexibility index (Phi) is 2.98. The third-order valence-electron chi connectivity index (χ3n) is 0.997. The van der Waals surface area contributed by atoms with E-state index in [-0.39, 0.29) is 6.54 Å². The van der Waals surface area contributed by atoms with Gasteiger partial charge < -0.3 is 5.32 Å². The number of nitrogens with one attached hydrogen (secondary N) is 1. The highest BCUT2D eigenvalue weighted by Gasteiger charge is 2.36. The number of rotatable bonds is 1. The topological polar surface area (TPSA) is 49.4 Å². The van der Waals surface area contributed by atoms with E-state index < -0.39 is 15.1 Å². The van der Waals surface area contributed by atoms with Crippen molar-refractivity contribution in [2.75, 3.05) is 6.54 Å². The molecule has 1 aliphatic heterocycles. The number of carbonyl (C=O) groups excluding carboxylic acids is 2. The minimum absolute atomic E-state index is 0.0490. The molecule has 0 spiro atoms. The van der Waals surface area contributed by atoms with Crippen LogP contribution in [0.1, 0.15) is 0 Å². The smallest absolute Gasteiger partial charge is 0.328 e. The maximum Gasteiger partial charge on any atom is 0.335 e. The summed E-state index contributed by atoms with van der Waals surface area (Å²) in [7, 11) is 0. The molecule has 12 heavy (non-hydrogen) atoms. The first-order valence-electron chi connectivity index (χ1n) is 2.77. The lowest BCUT2D eigenvalue weighted by molar-refractivity contribution is -0.121. The van der Waals surface area contributed by atoms with E-state index in [0.717, 1.165) is 4.31 Å². The Morgan fingerprint density at radius 3 is 2.33 bits per heavy atom. The zero-order chi connectivity index (χ0) is 9.35. The summed E-state index contributed by atoms with van der Waals surface area (Å²) in [4.78, 5) is 21.8. The molecule has 1 rings (SSSR count). The fourth-order valence-electron chi connectivity index (χ4n) is 0.604. The van der Waals surface area contributed by atoms with Gasteiger partial charge in [-0.1, -0.05) is 34.8 Å². The molecule has 0 aromatic carbocycles. The molecular formula is C4H3Cl3N2O2S. The first-order valence-corrected chi connectivity index (χ1v) is 4.67. The summed E-state index contributed by atoms with van der Waals surface area (Å²) in [5, 5.41) is 2.28. The Hall–Kier alpha value is 0.160. The van der Waals surface area contributed by atoms with Gasteiger partial charge in [0.15, 0.2) is 0 Å². The molecule has 0 unspecified atom stereocenters. The van der Waals surface area contributed by atoms with Gasteiger partial charge in [-0.3, -0.25) is 4.79 Å². The fraction of sp³-hybridized carbons (Fsp3) is 0.500. The SMILES string of the molecule is O=C1CNC(=O)N1SC(Cl)(Cl)Cl. The Labute approximate surface area is 87.6 Å². The quantitative estimate of drug-likeness (QED) is 0.435. The minimum atomic E-state index is -1.70. The second kappa shape index (κ2) is 3.49. The molecule has 1 N–H and O–H groups in total. The van der Waals surface area contributed by atoms with E-state index in [2.05, 4.69) is 5.32 Å². The average molecular weight is 250 g/mol. The lowest BCUT2D eigenvalue weighted by Crippen LogP contribution is -2.26. The van der Waals surface area contributed by atoms with Crippen LogP contribution in [0.25, 0.3) is 0 Å². The molecule has 8 heteroatoms. The molecule has 0 saturated carbocycles. The number of hydrogen-bond acceptors (Lipinski definition) is 3. The molecule has 0 atom stereocenters. The van der Waals surface area contributed by atoms with E-state index in [4.69, 9.17) is 34.8 Å². The van der Waals surface area contributed by atoms with Crippen LogP contribution < -0.4 is 5.32 Å². The summed E-state index contributed by atoms with van der Waals surface area (Å²) in [6, 6.07) is -0.559. The van der Waals surface area contributed by atoms with Crippen molar-refractivity contribution in [1.29, 1.82) is 0 Å². The van der Waals surface area contributed by atoms with Gasteiger partial charge in [-0.15, -0.1) is 0 Å². The summed E-state index contributed by atoms with van der Waals surface area (Å²) >= 11 is 16.6. The predicted octanol–water partition coefficient (Wildman–Crippen LogP) is 1.51. The second-order valence-corrected chi connectivity index (χ2v) is 6.00. The van der Waals surface area contributed by atoms with Crippen LogP contribution in [-0.2, 0) is 4.79 Å². The second-order valence-electron chi connectivity index (χ2n) is 1.88. The number of halogens is 3. The number of imide groups is 1. The first kappa shape index (κ1) is 10.2. The molecule has 0 aromatic heterocycles. The average Bonchev–Trinajstić information content (AvgIpc) is 2.16. The predicted molar refractivity (Wildman–Crippen MR) is 48.1 cm³/mol. The molecular weight excluding hydrogens is 246 g/mol. The fourth-order valence-corrected chi connectivity index (χ4v) is 1.75. The minimum Gasteiger partial charge on any atom is -0.328 e. The van der Waals surface area contributed by atoms with Gasteiger partial charge in [0.05, 0.1) is 0 Å². The van der Waals surface area contributed by atoms with Crippen LogP contribution >= 0.6 is 46.8 Å². The summed E-state index contributed by atoms with van der Waals surface area (Å²) in [5.74, 6) is -0.420. The molecule has 1 aliphatic rings. The van der Waals surface area contributed by atoms with Crippen LogP contribution in [0.2, 0.25) is 0 Å². The number of amides is 3. The van der Waals surface area contributed by atoms with Crippen LogP contribution in [0, 0.1) is 0 Å². The molecule has 68 valence electrons. The number of hydrogen-bond donors (Lipinski definition) is 1. The highest BCUT2D eigenvalue weighted by Crippen LogP contribution is 2.41. The molecule has 1 heterocycles. The number of carbonyl (C=O) groups is 2. The summed E-state index contributed by atoms with van der Waals surface area (Å²) in [5.41, 5.74) is 0. The normalized spacial score (nSPS) is 18.4. The van der Waals surface area contributed by atoms with E-state index in [1.54, 1.807) is 0 Å². The highest BCUT2D eigenvalue weighted by molar-refractivity contribution is 8.03. The molecule has 1 fully saturated rings. The third-order valence-corrected chi connectivity index (χ3v) is 2.38. The summed E-state index contributed by atoms with van der Waals surface area (Å²) in [6.45, 7) is -0.0490. The standard InChI is InChI=1S/C4H3Cl3N2O2S/c5-4(6,7)12-9-2(10)1-8-3(9)11/h1H2,(H,8,11). The van der Waals surface area contributed by atoms with Gasteiger partial charge in [0.1, 0.15) is 6.54 Å². The van der Waals surface area contributed by atoms with Gasteiger partial charge in [0, 0.05) is 11.9 Å². The van der Waals surface area contributed by atoms with E-state index in [0.29, 0.717) is 11.9 Å². The van der Waals surface area contributed by atoms with E-state index in [1.165, 1.54) is 0 Å². The van der Waals surface area contributed by atoms with E-state index in [1.807, 2.05) is 0 Å². The maximum atomic E-state index is 10.9. The van der Waals surface area contributed by atoms with Gasteiger partial charge in [-0.25, -0.2) is 4.79 Å². The van der Waals surface area contributed by atoms with Crippen molar-refractivity contribution in [1.82, 2.24) is 9.62 Å². The maximum absolute atomic E-state index is 10.9. The van der Waals surface area contributed by atoms with Gasteiger partial charge in [-0.2, -0.15) is 4.31 Å². The first-order chi connectivity index (χ1) is 5.40. The van der Waals surface area contributed by atoms with Gasteiger partial charge in [0.2, 0.25) is 0 Å². The molecule has 0 aromatic rings. The summed E-state index contributed by atoms with van der Waals surface area (Å²) in [6.07, 6.45) is 0. The van der Waals surface area contributed by atoms with Gasteiger partial charge in [0.25, 0.3) is 9.03 Å². The molecule has 1 saturated heterocycles. The zero-order valence-corrected chi connectivity index (χ0v) is 8.60. The van der Waals surface area contributed by atoms with Crippen molar-refractivity contribution in [3.8, 4) is 0 Å². The van der Waals surface area contributed by atoms with Crippen molar-refractivity contribution in [2.24, 2.45) is 0 Å². The van der Waals surface area contributed by atoms with Crippen molar-refractivity contribution in [3.05, 3.63) is 0 Å². The van der Waals surface area contributed by atoms with Gasteiger partial charge in [-0.05, 0) is 0 Å². The Morgan fingerprint density at radius 1 is 1.42 bits per heavy atom. The van der Waals surface area contributed by atoms with Gasteiger partial charge >= 0.3 is 6.03 Å². The number of urea groups is 1. The lowest BCUT2D eigenvalue weighted by atomic mass is 10.7. The largest absolute Gasteiger partial charge is 0.335 e. The van der Waals surface area contributed by atoms with E-state index >= 15 is 0 Å².